The quantitative estimate of drug-likeness (QED) is 0.824. The third-order valence-corrected chi connectivity index (χ3v) is 3.52. The molecule has 0 aliphatic carbocycles. The van der Waals surface area contributed by atoms with Gasteiger partial charge in [-0.2, -0.15) is 0 Å². The molecule has 0 fully saturated rings. The number of aliphatic hydroxyl groups is 1. The molecule has 2 aromatic carbocycles. The van der Waals surface area contributed by atoms with Crippen LogP contribution in [0.1, 0.15) is 25.0 Å². The largest absolute Gasteiger partial charge is 0.489 e. The molecule has 0 bridgehead atoms. The van der Waals surface area contributed by atoms with Gasteiger partial charge in [0.2, 0.25) is 0 Å². The van der Waals surface area contributed by atoms with Crippen LogP contribution in [-0.2, 0) is 13.2 Å². The third-order valence-electron chi connectivity index (χ3n) is 3.52. The van der Waals surface area contributed by atoms with Gasteiger partial charge in [-0.05, 0) is 43.7 Å². The van der Waals surface area contributed by atoms with Gasteiger partial charge in [-0.25, -0.2) is 4.39 Å². The maximum atomic E-state index is 12.9. The molecule has 0 aliphatic rings. The van der Waals surface area contributed by atoms with Gasteiger partial charge in [0.1, 0.15) is 30.3 Å². The summed E-state index contributed by atoms with van der Waals surface area (Å²) in [6.07, 6.45) is 0. The molecular formula is C18H23FNO2+. The van der Waals surface area contributed by atoms with Gasteiger partial charge in [0.15, 0.2) is 0 Å². The second-order valence-corrected chi connectivity index (χ2v) is 6.12. The van der Waals surface area contributed by atoms with Crippen LogP contribution in [0.4, 0.5) is 4.39 Å². The molecular weight excluding hydrogens is 281 g/mol. The minimum atomic E-state index is -0.243. The first-order valence-electron chi connectivity index (χ1n) is 7.40. The molecule has 0 spiro atoms. The number of rotatable bonds is 7. The average molecular weight is 304 g/mol. The van der Waals surface area contributed by atoms with Crippen LogP contribution >= 0.6 is 0 Å². The highest BCUT2D eigenvalue weighted by atomic mass is 19.1. The van der Waals surface area contributed by atoms with E-state index in [2.05, 4.69) is 5.32 Å². The Balaban J connectivity index is 1.92. The lowest BCUT2D eigenvalue weighted by atomic mass is 10.1. The lowest BCUT2D eigenvalue weighted by Crippen LogP contribution is -2.95. The van der Waals surface area contributed by atoms with Crippen molar-refractivity contribution in [1.29, 1.82) is 0 Å². The van der Waals surface area contributed by atoms with Gasteiger partial charge in [-0.3, -0.25) is 0 Å². The molecule has 3 N–H and O–H groups in total. The fourth-order valence-electron chi connectivity index (χ4n) is 1.97. The summed E-state index contributed by atoms with van der Waals surface area (Å²) in [5, 5.41) is 11.4. The first-order valence-corrected chi connectivity index (χ1v) is 7.40. The molecule has 0 saturated carbocycles. The molecule has 3 nitrogen and oxygen atoms in total. The first kappa shape index (κ1) is 16.5. The maximum absolute atomic E-state index is 12.9. The number of hydrogen-bond acceptors (Lipinski definition) is 2. The van der Waals surface area contributed by atoms with Crippen LogP contribution in [0.25, 0.3) is 0 Å². The Morgan fingerprint density at radius 3 is 2.50 bits per heavy atom. The molecule has 0 amide bonds. The Hall–Kier alpha value is -1.91. The molecule has 0 aromatic heterocycles. The molecule has 4 heteroatoms. The normalized spacial score (nSPS) is 11.5. The Morgan fingerprint density at radius 2 is 1.82 bits per heavy atom. The summed E-state index contributed by atoms with van der Waals surface area (Å²) < 4.78 is 18.6. The second kappa shape index (κ2) is 7.38. The van der Waals surface area contributed by atoms with Crippen molar-refractivity contribution in [3.8, 4) is 5.75 Å². The SMILES string of the molecule is CC(C)(CO)[NH2+]Cc1cccc(OCc2ccc(F)cc2)c1. The van der Waals surface area contributed by atoms with Gasteiger partial charge >= 0.3 is 0 Å². The fraction of sp³-hybridized carbons (Fsp3) is 0.333. The average Bonchev–Trinajstić information content (AvgIpc) is 2.53. The highest BCUT2D eigenvalue weighted by Crippen LogP contribution is 2.15. The number of hydrogen-bond donors (Lipinski definition) is 2. The van der Waals surface area contributed by atoms with E-state index in [4.69, 9.17) is 4.74 Å². The van der Waals surface area contributed by atoms with E-state index in [1.165, 1.54) is 12.1 Å². The van der Waals surface area contributed by atoms with Crippen LogP contribution < -0.4 is 10.1 Å². The van der Waals surface area contributed by atoms with Crippen molar-refractivity contribution in [3.05, 3.63) is 65.5 Å². The van der Waals surface area contributed by atoms with Crippen molar-refractivity contribution in [2.45, 2.75) is 32.5 Å². The lowest BCUT2D eigenvalue weighted by molar-refractivity contribution is -0.736. The number of aliphatic hydroxyl groups excluding tert-OH is 1. The summed E-state index contributed by atoms with van der Waals surface area (Å²) in [4.78, 5) is 0. The first-order chi connectivity index (χ1) is 10.5. The van der Waals surface area contributed by atoms with Crippen LogP contribution in [-0.4, -0.2) is 17.3 Å². The summed E-state index contributed by atoms with van der Waals surface area (Å²) in [6, 6.07) is 14.2. The number of benzene rings is 2. The number of nitrogens with two attached hydrogens (primary N) is 1. The van der Waals surface area contributed by atoms with E-state index in [0.29, 0.717) is 6.61 Å². The van der Waals surface area contributed by atoms with Crippen LogP contribution in [0.5, 0.6) is 5.75 Å². The minimum Gasteiger partial charge on any atom is -0.489 e. The van der Waals surface area contributed by atoms with Gasteiger partial charge in [-0.1, -0.05) is 24.3 Å². The molecule has 0 saturated heterocycles. The van der Waals surface area contributed by atoms with Crippen molar-refractivity contribution in [2.24, 2.45) is 0 Å². The van der Waals surface area contributed by atoms with Crippen LogP contribution in [0.2, 0.25) is 0 Å². The zero-order valence-electron chi connectivity index (χ0n) is 13.1. The number of quaternary nitrogens is 1. The Bertz CT molecular complexity index is 596. The maximum Gasteiger partial charge on any atom is 0.123 e. The fourth-order valence-corrected chi connectivity index (χ4v) is 1.97. The molecule has 0 aliphatic heterocycles. The van der Waals surface area contributed by atoms with E-state index in [1.807, 2.05) is 38.1 Å². The van der Waals surface area contributed by atoms with Crippen LogP contribution in [0.3, 0.4) is 0 Å². The predicted molar refractivity (Wildman–Crippen MR) is 84.0 cm³/mol. The van der Waals surface area contributed by atoms with Gasteiger partial charge in [0.25, 0.3) is 0 Å². The van der Waals surface area contributed by atoms with E-state index in [-0.39, 0.29) is 18.0 Å². The highest BCUT2D eigenvalue weighted by Gasteiger charge is 2.19. The van der Waals surface area contributed by atoms with E-state index in [1.54, 1.807) is 12.1 Å². The summed E-state index contributed by atoms with van der Waals surface area (Å²) in [5.74, 6) is 0.546. The smallest absolute Gasteiger partial charge is 0.123 e. The zero-order valence-corrected chi connectivity index (χ0v) is 13.1. The lowest BCUT2D eigenvalue weighted by Gasteiger charge is -2.20. The van der Waals surface area contributed by atoms with Gasteiger partial charge < -0.3 is 15.2 Å². The molecule has 2 aromatic rings. The number of halogens is 1. The van der Waals surface area contributed by atoms with Crippen molar-refractivity contribution >= 4 is 0 Å². The van der Waals surface area contributed by atoms with Crippen molar-refractivity contribution in [2.75, 3.05) is 6.61 Å². The standard InChI is InChI=1S/C18H22FNO2/c1-18(2,13-21)20-11-15-4-3-5-17(10-15)22-12-14-6-8-16(19)9-7-14/h3-10,20-21H,11-13H2,1-2H3/p+1. The van der Waals surface area contributed by atoms with Gasteiger partial charge in [-0.15, -0.1) is 0 Å². The van der Waals surface area contributed by atoms with E-state index < -0.39 is 0 Å². The van der Waals surface area contributed by atoms with E-state index in [9.17, 15) is 9.50 Å². The summed E-state index contributed by atoms with van der Waals surface area (Å²) >= 11 is 0. The Morgan fingerprint density at radius 1 is 1.09 bits per heavy atom. The molecule has 0 heterocycles. The summed E-state index contributed by atoms with van der Waals surface area (Å²) in [6.45, 7) is 5.33. The predicted octanol–water partition coefficient (Wildman–Crippen LogP) is 2.24. The zero-order chi connectivity index (χ0) is 16.0. The van der Waals surface area contributed by atoms with Crippen LogP contribution in [0.15, 0.2) is 48.5 Å². The molecule has 118 valence electrons. The van der Waals surface area contributed by atoms with Gasteiger partial charge in [0, 0.05) is 5.56 Å². The molecule has 0 atom stereocenters. The summed E-state index contributed by atoms with van der Waals surface area (Å²) in [5.41, 5.74) is 1.88. The minimum absolute atomic E-state index is 0.133. The molecule has 2 rings (SSSR count). The van der Waals surface area contributed by atoms with Gasteiger partial charge in [0.05, 0.1) is 6.61 Å². The van der Waals surface area contributed by atoms with E-state index in [0.717, 1.165) is 23.4 Å². The summed E-state index contributed by atoms with van der Waals surface area (Å²) in [7, 11) is 0. The van der Waals surface area contributed by atoms with Crippen molar-refractivity contribution in [1.82, 2.24) is 0 Å². The molecule has 0 radical (unpaired) electrons. The third kappa shape index (κ3) is 5.13. The molecule has 22 heavy (non-hydrogen) atoms. The monoisotopic (exact) mass is 304 g/mol. The van der Waals surface area contributed by atoms with Crippen molar-refractivity contribution in [3.63, 3.8) is 0 Å². The van der Waals surface area contributed by atoms with Crippen LogP contribution in [0, 0.1) is 5.82 Å². The second-order valence-electron chi connectivity index (χ2n) is 6.12. The van der Waals surface area contributed by atoms with Crippen molar-refractivity contribution < 1.29 is 19.6 Å². The topological polar surface area (TPSA) is 46.1 Å². The molecule has 0 unspecified atom stereocenters. The van der Waals surface area contributed by atoms with E-state index >= 15 is 0 Å². The Kier molecular flexibility index (Phi) is 5.52. The number of ether oxygens (including phenoxy) is 1. The Labute approximate surface area is 130 Å². The highest BCUT2D eigenvalue weighted by molar-refractivity contribution is 5.28.